The van der Waals surface area contributed by atoms with Crippen LogP contribution in [-0.2, 0) is 4.79 Å². The Kier molecular flexibility index (Phi) is 3.36. The summed E-state index contributed by atoms with van der Waals surface area (Å²) in [5, 5.41) is 10.2. The molecular formula is C12H22O2. The number of carbonyl (C=O) groups excluding carboxylic acids is 1. The second kappa shape index (κ2) is 4.01. The highest BCUT2D eigenvalue weighted by Gasteiger charge is 2.44. The minimum atomic E-state index is -0.624. The van der Waals surface area contributed by atoms with Crippen molar-refractivity contribution in [2.75, 3.05) is 0 Å². The largest absolute Gasteiger partial charge is 0.390 e. The average molecular weight is 198 g/mol. The van der Waals surface area contributed by atoms with Crippen molar-refractivity contribution >= 4 is 5.78 Å². The minimum Gasteiger partial charge on any atom is -0.390 e. The lowest BCUT2D eigenvalue weighted by molar-refractivity contribution is -0.128. The Labute approximate surface area is 86.7 Å². The van der Waals surface area contributed by atoms with Gasteiger partial charge in [-0.25, -0.2) is 0 Å². The van der Waals surface area contributed by atoms with Crippen molar-refractivity contribution in [2.24, 2.45) is 17.8 Å². The Morgan fingerprint density at radius 1 is 1.50 bits per heavy atom. The maximum absolute atomic E-state index is 11.5. The molecule has 2 nitrogen and oxygen atoms in total. The van der Waals surface area contributed by atoms with Crippen molar-refractivity contribution in [3.8, 4) is 0 Å². The fraction of sp³-hybridized carbons (Fsp3) is 0.917. The maximum atomic E-state index is 11.5. The molecule has 0 amide bonds. The number of carbonyl (C=O) groups is 1. The number of hydrogen-bond acceptors (Lipinski definition) is 2. The van der Waals surface area contributed by atoms with Gasteiger partial charge in [0.2, 0.25) is 0 Å². The Bertz CT molecular complexity index is 218. The molecule has 0 radical (unpaired) electrons. The maximum Gasteiger partial charge on any atom is 0.133 e. The zero-order valence-corrected chi connectivity index (χ0v) is 9.71. The highest BCUT2D eigenvalue weighted by molar-refractivity contribution is 5.79. The topological polar surface area (TPSA) is 37.3 Å². The molecule has 0 heterocycles. The zero-order chi connectivity index (χ0) is 10.9. The zero-order valence-electron chi connectivity index (χ0n) is 9.71. The lowest BCUT2D eigenvalue weighted by atomic mass is 9.74. The van der Waals surface area contributed by atoms with Gasteiger partial charge in [-0.15, -0.1) is 0 Å². The molecule has 3 unspecified atom stereocenters. The van der Waals surface area contributed by atoms with Crippen LogP contribution in [0.3, 0.4) is 0 Å². The molecule has 1 N–H and O–H groups in total. The van der Waals surface area contributed by atoms with Gasteiger partial charge in [-0.05, 0) is 38.5 Å². The molecule has 82 valence electrons. The van der Waals surface area contributed by atoms with Crippen LogP contribution in [0.15, 0.2) is 0 Å². The van der Waals surface area contributed by atoms with Gasteiger partial charge in [0, 0.05) is 5.92 Å². The molecule has 1 fully saturated rings. The van der Waals surface area contributed by atoms with Gasteiger partial charge in [0.15, 0.2) is 0 Å². The Morgan fingerprint density at radius 2 is 2.07 bits per heavy atom. The Balaban J connectivity index is 2.83. The van der Waals surface area contributed by atoms with Gasteiger partial charge in [0.25, 0.3) is 0 Å². The average Bonchev–Trinajstić information content (AvgIpc) is 2.29. The number of rotatable bonds is 3. The molecule has 1 rings (SSSR count). The molecule has 2 heteroatoms. The molecule has 0 spiro atoms. The summed E-state index contributed by atoms with van der Waals surface area (Å²) in [4.78, 5) is 11.5. The van der Waals surface area contributed by atoms with Gasteiger partial charge in [-0.3, -0.25) is 4.79 Å². The van der Waals surface area contributed by atoms with E-state index in [2.05, 4.69) is 13.8 Å². The van der Waals surface area contributed by atoms with E-state index < -0.39 is 5.60 Å². The predicted octanol–water partition coefficient (Wildman–Crippen LogP) is 2.40. The van der Waals surface area contributed by atoms with Crippen molar-refractivity contribution in [2.45, 2.75) is 52.6 Å². The van der Waals surface area contributed by atoms with E-state index >= 15 is 0 Å². The van der Waals surface area contributed by atoms with Gasteiger partial charge < -0.3 is 5.11 Å². The van der Waals surface area contributed by atoms with E-state index in [4.69, 9.17) is 0 Å². The molecule has 1 saturated carbocycles. The van der Waals surface area contributed by atoms with Crippen LogP contribution in [0.4, 0.5) is 0 Å². The van der Waals surface area contributed by atoms with E-state index in [9.17, 15) is 9.90 Å². The molecule has 0 aliphatic heterocycles. The number of aliphatic hydroxyl groups is 1. The Morgan fingerprint density at radius 3 is 2.36 bits per heavy atom. The van der Waals surface area contributed by atoms with Gasteiger partial charge in [0.1, 0.15) is 5.78 Å². The van der Waals surface area contributed by atoms with Crippen LogP contribution in [0, 0.1) is 17.8 Å². The Hall–Kier alpha value is -0.370. The van der Waals surface area contributed by atoms with Gasteiger partial charge in [-0.2, -0.15) is 0 Å². The fourth-order valence-electron chi connectivity index (χ4n) is 2.96. The van der Waals surface area contributed by atoms with E-state index in [0.717, 1.165) is 19.3 Å². The van der Waals surface area contributed by atoms with E-state index in [1.54, 1.807) is 6.92 Å². The van der Waals surface area contributed by atoms with Crippen LogP contribution in [0.5, 0.6) is 0 Å². The summed E-state index contributed by atoms with van der Waals surface area (Å²) in [5.41, 5.74) is -0.624. The highest BCUT2D eigenvalue weighted by Crippen LogP contribution is 2.42. The second-order valence-corrected chi connectivity index (χ2v) is 5.24. The first-order valence-corrected chi connectivity index (χ1v) is 5.59. The van der Waals surface area contributed by atoms with Gasteiger partial charge in [0.05, 0.1) is 5.60 Å². The first kappa shape index (κ1) is 11.7. The fourth-order valence-corrected chi connectivity index (χ4v) is 2.96. The SMILES string of the molecule is CC(=O)C(C(C)C)C1CCCC1(C)O. The van der Waals surface area contributed by atoms with Crippen LogP contribution in [0.1, 0.15) is 47.0 Å². The first-order chi connectivity index (χ1) is 6.36. The summed E-state index contributed by atoms with van der Waals surface area (Å²) in [5.74, 6) is 0.766. The highest BCUT2D eigenvalue weighted by atomic mass is 16.3. The van der Waals surface area contributed by atoms with E-state index in [0.29, 0.717) is 5.92 Å². The van der Waals surface area contributed by atoms with Gasteiger partial charge in [-0.1, -0.05) is 20.3 Å². The monoisotopic (exact) mass is 198 g/mol. The molecule has 3 atom stereocenters. The third kappa shape index (κ3) is 2.17. The van der Waals surface area contributed by atoms with Gasteiger partial charge >= 0.3 is 0 Å². The molecule has 1 aliphatic carbocycles. The van der Waals surface area contributed by atoms with E-state index in [-0.39, 0.29) is 17.6 Å². The molecule has 14 heavy (non-hydrogen) atoms. The summed E-state index contributed by atoms with van der Waals surface area (Å²) in [6.45, 7) is 7.67. The molecule has 0 aromatic rings. The van der Waals surface area contributed by atoms with Crippen molar-refractivity contribution in [1.82, 2.24) is 0 Å². The van der Waals surface area contributed by atoms with Crippen molar-refractivity contribution in [3.05, 3.63) is 0 Å². The summed E-state index contributed by atoms with van der Waals surface area (Å²) >= 11 is 0. The molecule has 0 saturated heterocycles. The van der Waals surface area contributed by atoms with Crippen molar-refractivity contribution in [3.63, 3.8) is 0 Å². The standard InChI is InChI=1S/C12H22O2/c1-8(2)11(9(3)13)10-6-5-7-12(10,4)14/h8,10-11,14H,5-7H2,1-4H3. The van der Waals surface area contributed by atoms with Crippen LogP contribution in [0.25, 0.3) is 0 Å². The summed E-state index contributed by atoms with van der Waals surface area (Å²) in [6.07, 6.45) is 2.89. The molecule has 0 bridgehead atoms. The number of ketones is 1. The lowest BCUT2D eigenvalue weighted by Gasteiger charge is -2.33. The second-order valence-electron chi connectivity index (χ2n) is 5.24. The molecular weight excluding hydrogens is 176 g/mol. The number of Topliss-reactive ketones (excluding diaryl/α,β-unsaturated/α-hetero) is 1. The summed E-state index contributed by atoms with van der Waals surface area (Å²) in [6, 6.07) is 0. The molecule has 0 aromatic carbocycles. The smallest absolute Gasteiger partial charge is 0.133 e. The van der Waals surface area contributed by atoms with Crippen LogP contribution >= 0.6 is 0 Å². The summed E-state index contributed by atoms with van der Waals surface area (Å²) in [7, 11) is 0. The quantitative estimate of drug-likeness (QED) is 0.756. The molecule has 0 aromatic heterocycles. The molecule has 1 aliphatic rings. The van der Waals surface area contributed by atoms with Crippen molar-refractivity contribution in [1.29, 1.82) is 0 Å². The predicted molar refractivity (Wildman–Crippen MR) is 57.0 cm³/mol. The van der Waals surface area contributed by atoms with Crippen LogP contribution in [-0.4, -0.2) is 16.5 Å². The van der Waals surface area contributed by atoms with E-state index in [1.165, 1.54) is 0 Å². The minimum absolute atomic E-state index is 0.0347. The third-order valence-electron chi connectivity index (χ3n) is 3.62. The van der Waals surface area contributed by atoms with Crippen LogP contribution < -0.4 is 0 Å². The van der Waals surface area contributed by atoms with Crippen LogP contribution in [0.2, 0.25) is 0 Å². The first-order valence-electron chi connectivity index (χ1n) is 5.59. The van der Waals surface area contributed by atoms with E-state index in [1.807, 2.05) is 6.92 Å². The normalized spacial score (nSPS) is 34.9. The number of hydrogen-bond donors (Lipinski definition) is 1. The third-order valence-corrected chi connectivity index (χ3v) is 3.62. The summed E-state index contributed by atoms with van der Waals surface area (Å²) < 4.78 is 0. The lowest BCUT2D eigenvalue weighted by Crippen LogP contribution is -2.39. The van der Waals surface area contributed by atoms with Crippen molar-refractivity contribution < 1.29 is 9.90 Å².